The fraction of sp³-hybridized carbons (Fsp3) is 0.429. The molecule has 3 nitrogen and oxygen atoms in total. The molecule has 0 radical (unpaired) electrons. The van der Waals surface area contributed by atoms with E-state index in [1.165, 1.54) is 29.8 Å². The second kappa shape index (κ2) is 5.69. The van der Waals surface area contributed by atoms with Gasteiger partial charge in [0.15, 0.2) is 0 Å². The van der Waals surface area contributed by atoms with Gasteiger partial charge in [-0.1, -0.05) is 0 Å². The number of aromatic nitrogens is 2. The minimum Gasteiger partial charge on any atom is -0.319 e. The van der Waals surface area contributed by atoms with Crippen molar-refractivity contribution in [2.45, 2.75) is 25.2 Å². The lowest BCUT2D eigenvalue weighted by atomic mass is 9.91. The van der Waals surface area contributed by atoms with Gasteiger partial charge < -0.3 is 5.32 Å². The molecule has 3 rings (SSSR count). The summed E-state index contributed by atoms with van der Waals surface area (Å²) in [7, 11) is 2.01. The Kier molecular flexibility index (Phi) is 3.96. The third-order valence-corrected chi connectivity index (χ3v) is 5.09. The van der Waals surface area contributed by atoms with E-state index in [0.717, 1.165) is 21.7 Å². The zero-order valence-corrected chi connectivity index (χ0v) is 13.2. The van der Waals surface area contributed by atoms with E-state index >= 15 is 0 Å². The number of nitrogens with one attached hydrogen (secondary N) is 1. The lowest BCUT2D eigenvalue weighted by Crippen LogP contribution is -2.20. The molecule has 100 valence electrons. The summed E-state index contributed by atoms with van der Waals surface area (Å²) >= 11 is 5.22. The first-order chi connectivity index (χ1) is 9.28. The summed E-state index contributed by atoms with van der Waals surface area (Å²) in [4.78, 5) is 10.8. The summed E-state index contributed by atoms with van der Waals surface area (Å²) in [6, 6.07) is 4.05. The molecule has 0 fully saturated rings. The Bertz CT molecular complexity index is 565. The molecule has 1 atom stereocenters. The Labute approximate surface area is 125 Å². The Morgan fingerprint density at radius 1 is 1.47 bits per heavy atom. The molecule has 0 saturated carbocycles. The van der Waals surface area contributed by atoms with Gasteiger partial charge in [-0.15, -0.1) is 11.3 Å². The van der Waals surface area contributed by atoms with E-state index < -0.39 is 0 Å². The van der Waals surface area contributed by atoms with E-state index in [4.69, 9.17) is 4.98 Å². The largest absolute Gasteiger partial charge is 0.319 e. The number of hydrogen-bond acceptors (Lipinski definition) is 4. The van der Waals surface area contributed by atoms with Crippen molar-refractivity contribution in [1.29, 1.82) is 0 Å². The van der Waals surface area contributed by atoms with E-state index in [1.54, 1.807) is 0 Å². The highest BCUT2D eigenvalue weighted by molar-refractivity contribution is 9.10. The highest BCUT2D eigenvalue weighted by Crippen LogP contribution is 2.37. The highest BCUT2D eigenvalue weighted by Gasteiger charge is 2.24. The van der Waals surface area contributed by atoms with Crippen LogP contribution in [0.2, 0.25) is 0 Å². The molecule has 1 N–H and O–H groups in total. The van der Waals surface area contributed by atoms with Crippen molar-refractivity contribution in [3.05, 3.63) is 33.4 Å². The van der Waals surface area contributed by atoms with Gasteiger partial charge in [-0.3, -0.25) is 4.98 Å². The monoisotopic (exact) mass is 337 g/mol. The van der Waals surface area contributed by atoms with Crippen molar-refractivity contribution < 1.29 is 0 Å². The van der Waals surface area contributed by atoms with Gasteiger partial charge in [0, 0.05) is 28.0 Å². The smallest absolute Gasteiger partial charge is 0.142 e. The predicted molar refractivity (Wildman–Crippen MR) is 82.7 cm³/mol. The third-order valence-electron chi connectivity index (χ3n) is 3.47. The van der Waals surface area contributed by atoms with Crippen molar-refractivity contribution in [2.75, 3.05) is 13.6 Å². The Morgan fingerprint density at radius 2 is 2.37 bits per heavy atom. The number of aryl methyl sites for hydroxylation is 1. The van der Waals surface area contributed by atoms with Crippen LogP contribution >= 0.6 is 27.3 Å². The average Bonchev–Trinajstić information content (AvgIpc) is 2.85. The SMILES string of the molecule is CNCC1CCCc2sc(-c3ccc(Br)cn3)nc21. The first kappa shape index (κ1) is 13.2. The van der Waals surface area contributed by atoms with Crippen LogP contribution in [0.15, 0.2) is 22.8 Å². The van der Waals surface area contributed by atoms with Gasteiger partial charge in [0.2, 0.25) is 0 Å². The number of likely N-dealkylation sites (N-methyl/N-ethyl adjacent to an activating group) is 1. The summed E-state index contributed by atoms with van der Waals surface area (Å²) in [6.07, 6.45) is 5.52. The number of hydrogen-bond donors (Lipinski definition) is 1. The molecule has 2 heterocycles. The van der Waals surface area contributed by atoms with Gasteiger partial charge in [-0.05, 0) is 54.4 Å². The normalized spacial score (nSPS) is 18.3. The summed E-state index contributed by atoms with van der Waals surface area (Å²) in [6.45, 7) is 1.02. The Balaban J connectivity index is 1.95. The summed E-state index contributed by atoms with van der Waals surface area (Å²) in [5.74, 6) is 0.564. The number of halogens is 1. The maximum Gasteiger partial charge on any atom is 0.142 e. The number of nitrogens with zero attached hydrogens (tertiary/aromatic N) is 2. The molecular formula is C14H16BrN3S. The number of fused-ring (bicyclic) bond motifs is 1. The number of pyridine rings is 1. The molecule has 2 aromatic heterocycles. The lowest BCUT2D eigenvalue weighted by Gasteiger charge is -2.20. The maximum atomic E-state index is 4.85. The van der Waals surface area contributed by atoms with Crippen LogP contribution in [0.1, 0.15) is 29.3 Å². The topological polar surface area (TPSA) is 37.8 Å². The fourth-order valence-electron chi connectivity index (χ4n) is 2.56. The van der Waals surface area contributed by atoms with Gasteiger partial charge in [-0.2, -0.15) is 0 Å². The molecular weight excluding hydrogens is 322 g/mol. The molecule has 2 aromatic rings. The lowest BCUT2D eigenvalue weighted by molar-refractivity contribution is 0.523. The molecule has 1 aliphatic rings. The zero-order valence-electron chi connectivity index (χ0n) is 10.8. The van der Waals surface area contributed by atoms with Gasteiger partial charge in [0.05, 0.1) is 11.4 Å². The van der Waals surface area contributed by atoms with E-state index in [1.807, 2.05) is 36.7 Å². The predicted octanol–water partition coefficient (Wildman–Crippen LogP) is 3.61. The van der Waals surface area contributed by atoms with Crippen LogP contribution in [-0.4, -0.2) is 23.6 Å². The minimum atomic E-state index is 0.564. The first-order valence-corrected chi connectivity index (χ1v) is 8.15. The second-order valence-electron chi connectivity index (χ2n) is 4.84. The molecule has 0 bridgehead atoms. The molecule has 19 heavy (non-hydrogen) atoms. The molecule has 0 aromatic carbocycles. The average molecular weight is 338 g/mol. The molecule has 0 saturated heterocycles. The standard InChI is InChI=1S/C14H16BrN3S/c1-16-7-9-3-2-4-12-13(9)18-14(19-12)11-6-5-10(15)8-17-11/h5-6,8-9,16H,2-4,7H2,1H3. The van der Waals surface area contributed by atoms with Crippen LogP contribution in [0.4, 0.5) is 0 Å². The summed E-state index contributed by atoms with van der Waals surface area (Å²) < 4.78 is 1.01. The van der Waals surface area contributed by atoms with Gasteiger partial charge >= 0.3 is 0 Å². The zero-order chi connectivity index (χ0) is 13.2. The molecule has 1 aliphatic carbocycles. The van der Waals surface area contributed by atoms with Crippen molar-refractivity contribution in [3.8, 4) is 10.7 Å². The van der Waals surface area contributed by atoms with Crippen molar-refractivity contribution in [2.24, 2.45) is 0 Å². The minimum absolute atomic E-state index is 0.564. The van der Waals surface area contributed by atoms with Crippen LogP contribution in [0.5, 0.6) is 0 Å². The molecule has 0 spiro atoms. The van der Waals surface area contributed by atoms with Crippen LogP contribution in [0.25, 0.3) is 10.7 Å². The van der Waals surface area contributed by atoms with E-state index in [-0.39, 0.29) is 0 Å². The number of rotatable bonds is 3. The molecule has 1 unspecified atom stereocenters. The van der Waals surface area contributed by atoms with Gasteiger partial charge in [0.1, 0.15) is 5.01 Å². The van der Waals surface area contributed by atoms with Crippen molar-refractivity contribution in [1.82, 2.24) is 15.3 Å². The van der Waals surface area contributed by atoms with Crippen LogP contribution in [0, 0.1) is 0 Å². The Hall–Kier alpha value is -0.780. The number of thiazole rings is 1. The van der Waals surface area contributed by atoms with Crippen LogP contribution in [0.3, 0.4) is 0 Å². The van der Waals surface area contributed by atoms with Gasteiger partial charge in [-0.25, -0.2) is 4.98 Å². The quantitative estimate of drug-likeness (QED) is 0.929. The summed E-state index contributed by atoms with van der Waals surface area (Å²) in [5.41, 5.74) is 2.27. The van der Waals surface area contributed by atoms with E-state index in [9.17, 15) is 0 Å². The first-order valence-electron chi connectivity index (χ1n) is 6.54. The van der Waals surface area contributed by atoms with Gasteiger partial charge in [0.25, 0.3) is 0 Å². The molecule has 0 aliphatic heterocycles. The molecule has 0 amide bonds. The van der Waals surface area contributed by atoms with Crippen molar-refractivity contribution >= 4 is 27.3 Å². The summed E-state index contributed by atoms with van der Waals surface area (Å²) in [5, 5.41) is 4.33. The van der Waals surface area contributed by atoms with E-state index in [0.29, 0.717) is 5.92 Å². The fourth-order valence-corrected chi connectivity index (χ4v) is 3.96. The Morgan fingerprint density at radius 3 is 3.11 bits per heavy atom. The second-order valence-corrected chi connectivity index (χ2v) is 6.84. The highest BCUT2D eigenvalue weighted by atomic mass is 79.9. The third kappa shape index (κ3) is 2.73. The van der Waals surface area contributed by atoms with E-state index in [2.05, 4.69) is 26.2 Å². The maximum absolute atomic E-state index is 4.85. The van der Waals surface area contributed by atoms with Crippen LogP contribution < -0.4 is 5.32 Å². The van der Waals surface area contributed by atoms with Crippen LogP contribution in [-0.2, 0) is 6.42 Å². The molecule has 5 heteroatoms. The van der Waals surface area contributed by atoms with Crippen molar-refractivity contribution in [3.63, 3.8) is 0 Å².